The van der Waals surface area contributed by atoms with Gasteiger partial charge in [0.2, 0.25) is 0 Å². The molecule has 1 fully saturated rings. The second-order valence-electron chi connectivity index (χ2n) is 3.54. The normalized spacial score (nSPS) is 19.8. The Bertz CT molecular complexity index is 331. The highest BCUT2D eigenvalue weighted by molar-refractivity contribution is 7.59. The van der Waals surface area contributed by atoms with Crippen molar-refractivity contribution < 1.29 is 4.79 Å². The summed E-state index contributed by atoms with van der Waals surface area (Å²) in [6.45, 7) is 1.42. The summed E-state index contributed by atoms with van der Waals surface area (Å²) in [6, 6.07) is 3.68. The number of hydrogen-bond donors (Lipinski definition) is 1. The Balaban J connectivity index is 0.00000112. The van der Waals surface area contributed by atoms with E-state index >= 15 is 0 Å². The van der Waals surface area contributed by atoms with Crippen LogP contribution in [0.3, 0.4) is 0 Å². The van der Waals surface area contributed by atoms with Gasteiger partial charge >= 0.3 is 0 Å². The van der Waals surface area contributed by atoms with Crippen molar-refractivity contribution in [3.63, 3.8) is 0 Å². The minimum absolute atomic E-state index is 0. The van der Waals surface area contributed by atoms with Gasteiger partial charge in [0.15, 0.2) is 0 Å². The summed E-state index contributed by atoms with van der Waals surface area (Å²) < 4.78 is 0. The van der Waals surface area contributed by atoms with Crippen molar-refractivity contribution in [1.29, 1.82) is 0 Å². The van der Waals surface area contributed by atoms with E-state index in [9.17, 15) is 4.79 Å². The molecule has 15 heavy (non-hydrogen) atoms. The van der Waals surface area contributed by atoms with Crippen LogP contribution in [0.4, 0.5) is 0 Å². The number of pyridine rings is 1. The lowest BCUT2D eigenvalue weighted by atomic mass is 10.2. The highest BCUT2D eigenvalue weighted by Gasteiger charge is 2.24. The van der Waals surface area contributed by atoms with Gasteiger partial charge in [-0.15, -0.1) is 0 Å². The minimum Gasteiger partial charge on any atom is -0.337 e. The van der Waals surface area contributed by atoms with Gasteiger partial charge in [0.05, 0.1) is 5.56 Å². The summed E-state index contributed by atoms with van der Waals surface area (Å²) in [5.74, 6) is 0.0334. The molecule has 0 unspecified atom stereocenters. The van der Waals surface area contributed by atoms with Crippen LogP contribution < -0.4 is 5.73 Å². The van der Waals surface area contributed by atoms with Crippen LogP contribution in [0.1, 0.15) is 16.8 Å². The molecule has 0 bridgehead atoms. The standard InChI is InChI=1S/C10H13N3O.H2S/c11-9-3-5-13(7-9)10(14)8-2-1-4-12-6-8;/h1-2,4,6,9H,3,5,7,11H2;1H2/t9-;/m0./s1. The molecular formula is C10H15N3OS. The molecule has 5 heteroatoms. The molecular weight excluding hydrogens is 210 g/mol. The second-order valence-corrected chi connectivity index (χ2v) is 3.54. The van der Waals surface area contributed by atoms with Crippen LogP contribution in [0.5, 0.6) is 0 Å². The largest absolute Gasteiger partial charge is 0.337 e. The molecule has 1 saturated heterocycles. The quantitative estimate of drug-likeness (QED) is 0.751. The van der Waals surface area contributed by atoms with Gasteiger partial charge in [-0.25, -0.2) is 0 Å². The van der Waals surface area contributed by atoms with Gasteiger partial charge in [-0.2, -0.15) is 13.5 Å². The monoisotopic (exact) mass is 225 g/mol. The van der Waals surface area contributed by atoms with Crippen molar-refractivity contribution in [3.05, 3.63) is 30.1 Å². The Hall–Kier alpha value is -1.07. The third-order valence-electron chi connectivity index (χ3n) is 2.42. The van der Waals surface area contributed by atoms with Gasteiger partial charge in [0.1, 0.15) is 0 Å². The third-order valence-corrected chi connectivity index (χ3v) is 2.42. The van der Waals surface area contributed by atoms with E-state index < -0.39 is 0 Å². The lowest BCUT2D eigenvalue weighted by Gasteiger charge is -2.15. The van der Waals surface area contributed by atoms with Crippen LogP contribution in [0.15, 0.2) is 24.5 Å². The smallest absolute Gasteiger partial charge is 0.255 e. The van der Waals surface area contributed by atoms with Crippen LogP contribution in [-0.2, 0) is 0 Å². The number of nitrogens with zero attached hydrogens (tertiary/aromatic N) is 2. The van der Waals surface area contributed by atoms with Crippen LogP contribution in [0, 0.1) is 0 Å². The van der Waals surface area contributed by atoms with Gasteiger partial charge in [-0.1, -0.05) is 0 Å². The average molecular weight is 225 g/mol. The number of amides is 1. The first kappa shape index (κ1) is 12.0. The molecule has 1 aromatic heterocycles. The average Bonchev–Trinajstić information content (AvgIpc) is 2.65. The fourth-order valence-corrected chi connectivity index (χ4v) is 1.64. The summed E-state index contributed by atoms with van der Waals surface area (Å²) in [4.78, 5) is 17.5. The zero-order valence-corrected chi connectivity index (χ0v) is 9.39. The van der Waals surface area contributed by atoms with E-state index in [1.807, 2.05) is 0 Å². The molecule has 1 aliphatic heterocycles. The zero-order chi connectivity index (χ0) is 9.97. The van der Waals surface area contributed by atoms with E-state index in [2.05, 4.69) is 4.98 Å². The lowest BCUT2D eigenvalue weighted by molar-refractivity contribution is 0.0790. The molecule has 2 N–H and O–H groups in total. The van der Waals surface area contributed by atoms with E-state index in [0.29, 0.717) is 12.1 Å². The Morgan fingerprint density at radius 3 is 2.93 bits per heavy atom. The van der Waals surface area contributed by atoms with Crippen LogP contribution >= 0.6 is 13.5 Å². The lowest BCUT2D eigenvalue weighted by Crippen LogP contribution is -2.31. The summed E-state index contributed by atoms with van der Waals surface area (Å²) >= 11 is 0. The molecule has 82 valence electrons. The summed E-state index contributed by atoms with van der Waals surface area (Å²) in [5, 5.41) is 0. The van der Waals surface area contributed by atoms with Crippen molar-refractivity contribution in [3.8, 4) is 0 Å². The topological polar surface area (TPSA) is 59.2 Å². The minimum atomic E-state index is 0. The van der Waals surface area contributed by atoms with Gasteiger partial charge in [0, 0.05) is 31.5 Å². The van der Waals surface area contributed by atoms with Gasteiger partial charge < -0.3 is 10.6 Å². The number of likely N-dealkylation sites (tertiary alicyclic amines) is 1. The Kier molecular flexibility index (Phi) is 4.11. The van der Waals surface area contributed by atoms with Crippen molar-refractivity contribution in [2.75, 3.05) is 13.1 Å². The van der Waals surface area contributed by atoms with Crippen molar-refractivity contribution in [2.45, 2.75) is 12.5 Å². The van der Waals surface area contributed by atoms with Gasteiger partial charge in [-0.05, 0) is 18.6 Å². The molecule has 0 aliphatic carbocycles. The van der Waals surface area contributed by atoms with Crippen molar-refractivity contribution in [1.82, 2.24) is 9.88 Å². The number of nitrogens with two attached hydrogens (primary N) is 1. The fourth-order valence-electron chi connectivity index (χ4n) is 1.64. The molecule has 1 aliphatic rings. The van der Waals surface area contributed by atoms with Gasteiger partial charge in [0.25, 0.3) is 5.91 Å². The van der Waals surface area contributed by atoms with Crippen LogP contribution in [0.2, 0.25) is 0 Å². The van der Waals surface area contributed by atoms with E-state index in [-0.39, 0.29) is 25.4 Å². The molecule has 2 heterocycles. The number of hydrogen-bond acceptors (Lipinski definition) is 3. The third kappa shape index (κ3) is 2.70. The maximum atomic E-state index is 11.8. The molecule has 0 spiro atoms. The first-order valence-corrected chi connectivity index (χ1v) is 4.72. The van der Waals surface area contributed by atoms with E-state index in [1.165, 1.54) is 0 Å². The summed E-state index contributed by atoms with van der Waals surface area (Å²) in [6.07, 6.45) is 4.14. The highest BCUT2D eigenvalue weighted by Crippen LogP contribution is 2.11. The first-order chi connectivity index (χ1) is 6.77. The molecule has 4 nitrogen and oxygen atoms in total. The maximum Gasteiger partial charge on any atom is 0.255 e. The number of aromatic nitrogens is 1. The molecule has 1 atom stereocenters. The SMILES string of the molecule is N[C@H]1CCN(C(=O)c2cccnc2)C1.S. The number of carbonyl (C=O) groups is 1. The van der Waals surface area contributed by atoms with Crippen LogP contribution in [-0.4, -0.2) is 34.9 Å². The van der Waals surface area contributed by atoms with E-state index in [0.717, 1.165) is 13.0 Å². The molecule has 1 aromatic rings. The van der Waals surface area contributed by atoms with E-state index in [4.69, 9.17) is 5.73 Å². The predicted molar refractivity (Wildman–Crippen MR) is 63.1 cm³/mol. The maximum absolute atomic E-state index is 11.8. The van der Waals surface area contributed by atoms with Crippen molar-refractivity contribution in [2.24, 2.45) is 5.73 Å². The van der Waals surface area contributed by atoms with E-state index in [1.54, 1.807) is 29.4 Å². The molecule has 0 aromatic carbocycles. The molecule has 1 amide bonds. The Labute approximate surface area is 95.9 Å². The van der Waals surface area contributed by atoms with Crippen LogP contribution in [0.25, 0.3) is 0 Å². The van der Waals surface area contributed by atoms with Crippen molar-refractivity contribution >= 4 is 19.4 Å². The zero-order valence-electron chi connectivity index (χ0n) is 8.39. The summed E-state index contributed by atoms with van der Waals surface area (Å²) in [5.41, 5.74) is 6.37. The fraction of sp³-hybridized carbons (Fsp3) is 0.400. The second kappa shape index (κ2) is 5.14. The Morgan fingerprint density at radius 2 is 2.40 bits per heavy atom. The predicted octanol–water partition coefficient (Wildman–Crippen LogP) is 0.368. The molecule has 2 rings (SSSR count). The highest BCUT2D eigenvalue weighted by atomic mass is 32.1. The Morgan fingerprint density at radius 1 is 1.60 bits per heavy atom. The molecule has 0 radical (unpaired) electrons. The number of carbonyl (C=O) groups excluding carboxylic acids is 1. The number of rotatable bonds is 1. The summed E-state index contributed by atoms with van der Waals surface area (Å²) in [7, 11) is 0. The van der Waals surface area contributed by atoms with Gasteiger partial charge in [-0.3, -0.25) is 9.78 Å². The first-order valence-electron chi connectivity index (χ1n) is 4.72. The molecule has 0 saturated carbocycles.